The molecule has 1 aromatic heterocycles. The van der Waals surface area contributed by atoms with Crippen LogP contribution in [0, 0.1) is 36.5 Å². The first-order valence-corrected chi connectivity index (χ1v) is 14.6. The highest BCUT2D eigenvalue weighted by atomic mass is 32.2. The summed E-state index contributed by atoms with van der Waals surface area (Å²) in [6, 6.07) is 23.3. The van der Waals surface area contributed by atoms with E-state index in [2.05, 4.69) is 0 Å². The van der Waals surface area contributed by atoms with Crippen molar-refractivity contribution in [1.82, 2.24) is 9.29 Å². The molecule has 0 bridgehead atoms. The van der Waals surface area contributed by atoms with E-state index in [1.54, 1.807) is 4.90 Å². The van der Waals surface area contributed by atoms with Gasteiger partial charge < -0.3 is 0 Å². The van der Waals surface area contributed by atoms with E-state index in [-0.39, 0.29) is 36.7 Å². The van der Waals surface area contributed by atoms with Gasteiger partial charge in [-0.1, -0.05) is 47.7 Å². The summed E-state index contributed by atoms with van der Waals surface area (Å²) in [5.74, 6) is -0.304. The number of hydrogen-bond acceptors (Lipinski definition) is 7. The number of benzene rings is 3. The summed E-state index contributed by atoms with van der Waals surface area (Å²) >= 11 is 1.44. The number of carbonyl (C=O) groups excluding carboxylic acids is 1. The van der Waals surface area contributed by atoms with Gasteiger partial charge in [0.2, 0.25) is 10.0 Å². The van der Waals surface area contributed by atoms with E-state index in [9.17, 15) is 13.2 Å². The van der Waals surface area contributed by atoms with E-state index < -0.39 is 10.0 Å². The third kappa shape index (κ3) is 6.15. The van der Waals surface area contributed by atoms with Gasteiger partial charge in [-0.05, 0) is 60.9 Å². The standard InChI is InChI=1S/C29H27N5O3S2/c1-21-10-15-26-27(22(21)2)32-29(38-26)34(20-23-8-4-3-5-9-23)28(35)24-11-13-25(14-12-24)39(36,37)33(18-6-16-30)19-7-17-31/h3-5,8-15H,6-7,18-20H2,1-2H3. The first-order chi connectivity index (χ1) is 18.8. The zero-order valence-corrected chi connectivity index (χ0v) is 23.3. The molecule has 1 amide bonds. The lowest BCUT2D eigenvalue weighted by Gasteiger charge is -2.21. The van der Waals surface area contributed by atoms with Gasteiger partial charge in [-0.15, -0.1) is 0 Å². The third-order valence-electron chi connectivity index (χ3n) is 6.42. The lowest BCUT2D eigenvalue weighted by Crippen LogP contribution is -2.33. The van der Waals surface area contributed by atoms with Crippen molar-refractivity contribution in [3.05, 3.63) is 89.0 Å². The number of rotatable bonds is 10. The molecule has 198 valence electrons. The minimum Gasteiger partial charge on any atom is -0.279 e. The second-order valence-corrected chi connectivity index (χ2v) is 11.9. The molecule has 0 spiro atoms. The number of aryl methyl sites for hydroxylation is 2. The fourth-order valence-corrected chi connectivity index (χ4v) is 6.56. The molecule has 0 saturated heterocycles. The Balaban J connectivity index is 1.68. The predicted molar refractivity (Wildman–Crippen MR) is 152 cm³/mol. The monoisotopic (exact) mass is 557 g/mol. The number of amides is 1. The number of thiazole rings is 1. The molecule has 10 heteroatoms. The van der Waals surface area contributed by atoms with Crippen molar-refractivity contribution >= 4 is 42.6 Å². The summed E-state index contributed by atoms with van der Waals surface area (Å²) in [4.78, 5) is 20.2. The minimum absolute atomic E-state index is 0.00405. The van der Waals surface area contributed by atoms with Gasteiger partial charge in [0.05, 0.1) is 33.8 Å². The average Bonchev–Trinajstić information content (AvgIpc) is 3.39. The second kappa shape index (κ2) is 12.2. The Bertz CT molecular complexity index is 1650. The SMILES string of the molecule is Cc1ccc2sc(N(Cc3ccccc3)C(=O)c3ccc(S(=O)(=O)N(CCC#N)CCC#N)cc3)nc2c1C. The maximum absolute atomic E-state index is 13.8. The van der Waals surface area contributed by atoms with Gasteiger partial charge in [0.25, 0.3) is 5.91 Å². The molecule has 0 aliphatic rings. The Morgan fingerprint density at radius 3 is 2.18 bits per heavy atom. The molecule has 0 unspecified atom stereocenters. The maximum Gasteiger partial charge on any atom is 0.260 e. The Morgan fingerprint density at radius 2 is 1.56 bits per heavy atom. The van der Waals surface area contributed by atoms with Gasteiger partial charge in [-0.2, -0.15) is 14.8 Å². The van der Waals surface area contributed by atoms with Crippen molar-refractivity contribution < 1.29 is 13.2 Å². The molecule has 0 radical (unpaired) electrons. The largest absolute Gasteiger partial charge is 0.279 e. The number of aromatic nitrogens is 1. The summed E-state index contributed by atoms with van der Waals surface area (Å²) < 4.78 is 28.5. The zero-order chi connectivity index (χ0) is 28.0. The highest BCUT2D eigenvalue weighted by Gasteiger charge is 2.26. The number of nitrogens with zero attached hydrogens (tertiary/aromatic N) is 5. The van der Waals surface area contributed by atoms with Crippen molar-refractivity contribution in [2.24, 2.45) is 0 Å². The highest BCUT2D eigenvalue weighted by molar-refractivity contribution is 7.89. The van der Waals surface area contributed by atoms with Crippen LogP contribution in [0.25, 0.3) is 10.2 Å². The van der Waals surface area contributed by atoms with Crippen LogP contribution in [0.3, 0.4) is 0 Å². The Morgan fingerprint density at radius 1 is 0.923 bits per heavy atom. The van der Waals surface area contributed by atoms with Gasteiger partial charge >= 0.3 is 0 Å². The molecular formula is C29H27N5O3S2. The van der Waals surface area contributed by atoms with Crippen LogP contribution in [-0.4, -0.2) is 36.7 Å². The van der Waals surface area contributed by atoms with Gasteiger partial charge in [-0.25, -0.2) is 13.4 Å². The van der Waals surface area contributed by atoms with E-state index in [0.29, 0.717) is 17.2 Å². The Labute approximate surface area is 232 Å². The normalized spacial score (nSPS) is 11.3. The van der Waals surface area contributed by atoms with Crippen LogP contribution in [0.1, 0.15) is 39.9 Å². The molecule has 0 fully saturated rings. The highest BCUT2D eigenvalue weighted by Crippen LogP contribution is 2.33. The van der Waals surface area contributed by atoms with E-state index in [4.69, 9.17) is 15.5 Å². The molecular weight excluding hydrogens is 530 g/mol. The van der Waals surface area contributed by atoms with Crippen LogP contribution in [0.15, 0.2) is 71.6 Å². The summed E-state index contributed by atoms with van der Waals surface area (Å²) in [5.41, 5.74) is 4.29. The molecule has 1 heterocycles. The van der Waals surface area contributed by atoms with Crippen molar-refractivity contribution in [2.45, 2.75) is 38.1 Å². The third-order valence-corrected chi connectivity index (χ3v) is 9.37. The van der Waals surface area contributed by atoms with Crippen LogP contribution in [-0.2, 0) is 16.6 Å². The first kappa shape index (κ1) is 27.9. The quantitative estimate of drug-likeness (QED) is 0.251. The average molecular weight is 558 g/mol. The number of carbonyl (C=O) groups is 1. The molecule has 39 heavy (non-hydrogen) atoms. The number of fused-ring (bicyclic) bond motifs is 1. The van der Waals surface area contributed by atoms with Gasteiger partial charge in [0.15, 0.2) is 5.13 Å². The van der Waals surface area contributed by atoms with Crippen LogP contribution in [0.2, 0.25) is 0 Å². The van der Waals surface area contributed by atoms with Gasteiger partial charge in [-0.3, -0.25) is 9.69 Å². The van der Waals surface area contributed by atoms with Crippen molar-refractivity contribution in [3.8, 4) is 12.1 Å². The minimum atomic E-state index is -3.94. The maximum atomic E-state index is 13.8. The van der Waals surface area contributed by atoms with Crippen molar-refractivity contribution in [2.75, 3.05) is 18.0 Å². The van der Waals surface area contributed by atoms with E-state index in [1.165, 1.54) is 35.6 Å². The van der Waals surface area contributed by atoms with Gasteiger partial charge in [0.1, 0.15) is 0 Å². The predicted octanol–water partition coefficient (Wildman–Crippen LogP) is 5.58. The second-order valence-electron chi connectivity index (χ2n) is 8.97. The molecule has 0 saturated carbocycles. The Kier molecular flexibility index (Phi) is 8.72. The smallest absolute Gasteiger partial charge is 0.260 e. The molecule has 0 aliphatic carbocycles. The molecule has 3 aromatic carbocycles. The number of sulfonamides is 1. The molecule has 4 aromatic rings. The van der Waals surface area contributed by atoms with E-state index in [0.717, 1.165) is 31.2 Å². The summed E-state index contributed by atoms with van der Waals surface area (Å²) in [6.45, 7) is 4.32. The van der Waals surface area contributed by atoms with E-state index in [1.807, 2.05) is 68.5 Å². The van der Waals surface area contributed by atoms with E-state index >= 15 is 0 Å². The van der Waals surface area contributed by atoms with Crippen LogP contribution in [0.4, 0.5) is 5.13 Å². The van der Waals surface area contributed by atoms with Crippen LogP contribution >= 0.6 is 11.3 Å². The Hall–Kier alpha value is -4.09. The van der Waals surface area contributed by atoms with Crippen LogP contribution < -0.4 is 4.90 Å². The topological polar surface area (TPSA) is 118 Å². The van der Waals surface area contributed by atoms with Crippen molar-refractivity contribution in [1.29, 1.82) is 10.5 Å². The number of anilines is 1. The lowest BCUT2D eigenvalue weighted by atomic mass is 10.1. The lowest BCUT2D eigenvalue weighted by molar-refractivity contribution is 0.0985. The summed E-state index contributed by atoms with van der Waals surface area (Å²) in [5, 5.41) is 18.4. The fourth-order valence-electron chi connectivity index (χ4n) is 4.10. The molecule has 4 rings (SSSR count). The fraction of sp³-hybridized carbons (Fsp3) is 0.241. The molecule has 0 N–H and O–H groups in total. The van der Waals surface area contributed by atoms with Gasteiger partial charge in [0, 0.05) is 31.5 Å². The summed E-state index contributed by atoms with van der Waals surface area (Å²) in [7, 11) is -3.94. The zero-order valence-electron chi connectivity index (χ0n) is 21.7. The molecule has 8 nitrogen and oxygen atoms in total. The van der Waals surface area contributed by atoms with Crippen LogP contribution in [0.5, 0.6) is 0 Å². The summed E-state index contributed by atoms with van der Waals surface area (Å²) in [6.07, 6.45) is 0.0215. The number of hydrogen-bond donors (Lipinski definition) is 0. The molecule has 0 atom stereocenters. The number of nitriles is 2. The van der Waals surface area contributed by atoms with Crippen molar-refractivity contribution in [3.63, 3.8) is 0 Å². The molecule has 0 aliphatic heterocycles. The first-order valence-electron chi connectivity index (χ1n) is 12.3.